The van der Waals surface area contributed by atoms with Crippen LogP contribution < -0.4 is 11.1 Å². The molecule has 0 aliphatic heterocycles. The third kappa shape index (κ3) is 3.35. The van der Waals surface area contributed by atoms with Crippen LogP contribution in [0.5, 0.6) is 0 Å². The fourth-order valence-corrected chi connectivity index (χ4v) is 1.26. The second kappa shape index (κ2) is 5.05. The lowest BCUT2D eigenvalue weighted by atomic mass is 10.1. The number of halogens is 3. The van der Waals surface area contributed by atoms with Crippen LogP contribution in [0, 0.1) is 0 Å². The van der Waals surface area contributed by atoms with E-state index < -0.39 is 23.3 Å². The monoisotopic (exact) mass is 248 g/mol. The van der Waals surface area contributed by atoms with E-state index in [1.807, 2.05) is 0 Å². The van der Waals surface area contributed by atoms with Gasteiger partial charge < -0.3 is 16.2 Å². The number of nitrogens with two attached hydrogens (primary N) is 1. The molecule has 0 saturated heterocycles. The lowest BCUT2D eigenvalue weighted by Crippen LogP contribution is -2.16. The Morgan fingerprint density at radius 3 is 2.53 bits per heavy atom. The van der Waals surface area contributed by atoms with Crippen LogP contribution in [-0.4, -0.2) is 24.2 Å². The molecule has 0 fully saturated rings. The molecule has 94 valence electrons. The quantitative estimate of drug-likeness (QED) is 0.759. The SMILES string of the molecule is NCCNc1ccc(C(F)(F)F)cc1C(=O)O. The first-order chi connectivity index (χ1) is 7.86. The molecule has 0 unspecified atom stereocenters. The first-order valence-electron chi connectivity index (χ1n) is 4.74. The zero-order valence-corrected chi connectivity index (χ0v) is 8.71. The molecule has 4 nitrogen and oxygen atoms in total. The van der Waals surface area contributed by atoms with Gasteiger partial charge in [0.2, 0.25) is 0 Å². The smallest absolute Gasteiger partial charge is 0.416 e. The second-order valence-corrected chi connectivity index (χ2v) is 3.28. The van der Waals surface area contributed by atoms with Gasteiger partial charge >= 0.3 is 12.1 Å². The number of carboxylic acids is 1. The fourth-order valence-electron chi connectivity index (χ4n) is 1.26. The molecule has 1 rings (SSSR count). The summed E-state index contributed by atoms with van der Waals surface area (Å²) in [6, 6.07) is 2.51. The molecule has 1 aromatic rings. The molecule has 0 spiro atoms. The molecule has 4 N–H and O–H groups in total. The molecule has 0 saturated carbocycles. The number of rotatable bonds is 4. The number of carbonyl (C=O) groups is 1. The third-order valence-corrected chi connectivity index (χ3v) is 2.04. The van der Waals surface area contributed by atoms with Crippen LogP contribution in [-0.2, 0) is 6.18 Å². The van der Waals surface area contributed by atoms with E-state index in [1.54, 1.807) is 0 Å². The summed E-state index contributed by atoms with van der Waals surface area (Å²) < 4.78 is 37.1. The Hall–Kier alpha value is -1.76. The van der Waals surface area contributed by atoms with Crippen LogP contribution >= 0.6 is 0 Å². The molecule has 0 bridgehead atoms. The summed E-state index contributed by atoms with van der Waals surface area (Å²) in [6.07, 6.45) is -4.56. The van der Waals surface area contributed by atoms with Gasteiger partial charge in [-0.15, -0.1) is 0 Å². The van der Waals surface area contributed by atoms with E-state index >= 15 is 0 Å². The van der Waals surface area contributed by atoms with Crippen molar-refractivity contribution in [1.29, 1.82) is 0 Å². The lowest BCUT2D eigenvalue weighted by Gasteiger charge is -2.12. The molecule has 0 atom stereocenters. The van der Waals surface area contributed by atoms with Crippen molar-refractivity contribution >= 4 is 11.7 Å². The van der Waals surface area contributed by atoms with E-state index in [2.05, 4.69) is 5.32 Å². The highest BCUT2D eigenvalue weighted by atomic mass is 19.4. The highest BCUT2D eigenvalue weighted by Gasteiger charge is 2.31. The van der Waals surface area contributed by atoms with Gasteiger partial charge in [-0.2, -0.15) is 13.2 Å². The van der Waals surface area contributed by atoms with Crippen molar-refractivity contribution in [3.05, 3.63) is 29.3 Å². The van der Waals surface area contributed by atoms with Gasteiger partial charge in [-0.05, 0) is 18.2 Å². The average molecular weight is 248 g/mol. The molecule has 0 aliphatic rings. The Bertz CT molecular complexity index is 419. The standard InChI is InChI=1S/C10H11F3N2O2/c11-10(12,13)6-1-2-8(15-4-3-14)7(5-6)9(16)17/h1-2,5,15H,3-4,14H2,(H,16,17). The highest BCUT2D eigenvalue weighted by Crippen LogP contribution is 2.31. The summed E-state index contributed by atoms with van der Waals surface area (Å²) in [4.78, 5) is 10.8. The van der Waals surface area contributed by atoms with Crippen molar-refractivity contribution < 1.29 is 23.1 Å². The molecule has 1 aromatic carbocycles. The van der Waals surface area contributed by atoms with Crippen LogP contribution in [0.2, 0.25) is 0 Å². The van der Waals surface area contributed by atoms with E-state index in [0.717, 1.165) is 12.1 Å². The van der Waals surface area contributed by atoms with E-state index in [0.29, 0.717) is 6.07 Å². The Morgan fingerprint density at radius 1 is 1.41 bits per heavy atom. The maximum atomic E-state index is 12.4. The van der Waals surface area contributed by atoms with Crippen molar-refractivity contribution in [1.82, 2.24) is 0 Å². The molecule has 0 aliphatic carbocycles. The Balaban J connectivity index is 3.13. The van der Waals surface area contributed by atoms with Gasteiger partial charge in [-0.25, -0.2) is 4.79 Å². The predicted octanol–water partition coefficient (Wildman–Crippen LogP) is 1.77. The van der Waals surface area contributed by atoms with Crippen LogP contribution in [0.25, 0.3) is 0 Å². The predicted molar refractivity (Wildman–Crippen MR) is 55.9 cm³/mol. The van der Waals surface area contributed by atoms with Crippen molar-refractivity contribution in [3.63, 3.8) is 0 Å². The van der Waals surface area contributed by atoms with E-state index in [9.17, 15) is 18.0 Å². The van der Waals surface area contributed by atoms with E-state index in [-0.39, 0.29) is 18.8 Å². The van der Waals surface area contributed by atoms with Crippen LogP contribution in [0.3, 0.4) is 0 Å². The number of hydrogen-bond donors (Lipinski definition) is 3. The summed E-state index contributed by atoms with van der Waals surface area (Å²) in [5.74, 6) is -1.42. The molecule has 17 heavy (non-hydrogen) atoms. The number of aromatic carboxylic acids is 1. The number of benzene rings is 1. The molecule has 0 radical (unpaired) electrons. The summed E-state index contributed by atoms with van der Waals surface area (Å²) in [5.41, 5.74) is 3.92. The second-order valence-electron chi connectivity index (χ2n) is 3.28. The average Bonchev–Trinajstić information content (AvgIpc) is 2.24. The zero-order chi connectivity index (χ0) is 13.1. The van der Waals surface area contributed by atoms with E-state index in [1.165, 1.54) is 0 Å². The minimum atomic E-state index is -4.56. The first kappa shape index (κ1) is 13.3. The largest absolute Gasteiger partial charge is 0.478 e. The minimum absolute atomic E-state index is 0.121. The van der Waals surface area contributed by atoms with Crippen molar-refractivity contribution in [2.45, 2.75) is 6.18 Å². The molecule has 7 heteroatoms. The zero-order valence-electron chi connectivity index (χ0n) is 8.71. The summed E-state index contributed by atoms with van der Waals surface area (Å²) in [7, 11) is 0. The number of nitrogens with one attached hydrogen (secondary N) is 1. The Kier molecular flexibility index (Phi) is 3.95. The van der Waals surface area contributed by atoms with Crippen molar-refractivity contribution in [2.24, 2.45) is 5.73 Å². The molecule has 0 aromatic heterocycles. The number of hydrogen-bond acceptors (Lipinski definition) is 3. The van der Waals surface area contributed by atoms with Gasteiger partial charge in [-0.3, -0.25) is 0 Å². The molecular formula is C10H11F3N2O2. The van der Waals surface area contributed by atoms with Gasteiger partial charge in [-0.1, -0.05) is 0 Å². The van der Waals surface area contributed by atoms with Crippen molar-refractivity contribution in [3.8, 4) is 0 Å². The third-order valence-electron chi connectivity index (χ3n) is 2.04. The first-order valence-corrected chi connectivity index (χ1v) is 4.74. The van der Waals surface area contributed by atoms with Gasteiger partial charge in [0.15, 0.2) is 0 Å². The maximum absolute atomic E-state index is 12.4. The fraction of sp³-hybridized carbons (Fsp3) is 0.300. The summed E-state index contributed by atoms with van der Waals surface area (Å²) in [6.45, 7) is 0.533. The topological polar surface area (TPSA) is 75.3 Å². The van der Waals surface area contributed by atoms with Gasteiger partial charge in [0.25, 0.3) is 0 Å². The maximum Gasteiger partial charge on any atom is 0.416 e. The highest BCUT2D eigenvalue weighted by molar-refractivity contribution is 5.94. The molecule has 0 heterocycles. The van der Waals surface area contributed by atoms with Gasteiger partial charge in [0, 0.05) is 18.8 Å². The summed E-state index contributed by atoms with van der Waals surface area (Å²) >= 11 is 0. The lowest BCUT2D eigenvalue weighted by molar-refractivity contribution is -0.137. The molecular weight excluding hydrogens is 237 g/mol. The van der Waals surface area contributed by atoms with Gasteiger partial charge in [0.05, 0.1) is 11.1 Å². The summed E-state index contributed by atoms with van der Waals surface area (Å²) in [5, 5.41) is 11.5. The van der Waals surface area contributed by atoms with Gasteiger partial charge in [0.1, 0.15) is 0 Å². The van der Waals surface area contributed by atoms with Crippen LogP contribution in [0.1, 0.15) is 15.9 Å². The minimum Gasteiger partial charge on any atom is -0.478 e. The number of alkyl halides is 3. The Morgan fingerprint density at radius 2 is 2.06 bits per heavy atom. The molecule has 0 amide bonds. The van der Waals surface area contributed by atoms with Crippen LogP contribution in [0.15, 0.2) is 18.2 Å². The van der Waals surface area contributed by atoms with Crippen LogP contribution in [0.4, 0.5) is 18.9 Å². The number of anilines is 1. The number of carboxylic acid groups (broad SMARTS) is 1. The van der Waals surface area contributed by atoms with E-state index in [4.69, 9.17) is 10.8 Å². The normalized spacial score (nSPS) is 11.3. The van der Waals surface area contributed by atoms with Crippen molar-refractivity contribution in [2.75, 3.05) is 18.4 Å². The Labute approximate surface area is 95.2 Å².